The molecule has 0 amide bonds. The fraction of sp³-hybridized carbons (Fsp3) is 0.0714. The van der Waals surface area contributed by atoms with Gasteiger partial charge < -0.3 is 4.74 Å². The maximum atomic E-state index is 13.0. The molecule has 0 saturated carbocycles. The summed E-state index contributed by atoms with van der Waals surface area (Å²) in [5.41, 5.74) is 0.963. The lowest BCUT2D eigenvalue weighted by molar-refractivity contribution is 0.103. The molecule has 0 spiro atoms. The van der Waals surface area contributed by atoms with Gasteiger partial charge in [-0.3, -0.25) is 4.79 Å². The summed E-state index contributed by atoms with van der Waals surface area (Å²) >= 11 is 3.19. The monoisotopic (exact) mass is 308 g/mol. The first-order valence-electron chi connectivity index (χ1n) is 5.25. The summed E-state index contributed by atoms with van der Waals surface area (Å²) in [4.78, 5) is 12.2. The van der Waals surface area contributed by atoms with Crippen LogP contribution < -0.4 is 4.74 Å². The minimum atomic E-state index is -0.381. The molecule has 2 aromatic rings. The number of methoxy groups -OCH3 is 1. The Labute approximate surface area is 113 Å². The second-order valence-electron chi connectivity index (χ2n) is 3.68. The number of ketones is 1. The van der Waals surface area contributed by atoms with Crippen LogP contribution in [0.3, 0.4) is 0 Å². The quantitative estimate of drug-likeness (QED) is 0.806. The largest absolute Gasteiger partial charge is 0.497 e. The third-order valence-electron chi connectivity index (χ3n) is 2.53. The highest BCUT2D eigenvalue weighted by molar-refractivity contribution is 9.10. The van der Waals surface area contributed by atoms with Crippen LogP contribution in [-0.2, 0) is 0 Å². The molecule has 2 aromatic carbocycles. The van der Waals surface area contributed by atoms with Crippen LogP contribution in [-0.4, -0.2) is 12.9 Å². The van der Waals surface area contributed by atoms with E-state index in [0.29, 0.717) is 21.3 Å². The summed E-state index contributed by atoms with van der Waals surface area (Å²) in [6, 6.07) is 10.8. The van der Waals surface area contributed by atoms with Crippen molar-refractivity contribution in [1.29, 1.82) is 0 Å². The van der Waals surface area contributed by atoms with Gasteiger partial charge in [0.1, 0.15) is 11.6 Å². The van der Waals surface area contributed by atoms with E-state index in [9.17, 15) is 9.18 Å². The molecule has 0 aliphatic rings. The minimum absolute atomic E-state index is 0.162. The van der Waals surface area contributed by atoms with Crippen molar-refractivity contribution in [2.75, 3.05) is 7.11 Å². The average Bonchev–Trinajstić information content (AvgIpc) is 2.38. The van der Waals surface area contributed by atoms with Crippen molar-refractivity contribution in [3.8, 4) is 5.75 Å². The molecule has 0 atom stereocenters. The Morgan fingerprint density at radius 2 is 1.83 bits per heavy atom. The Kier molecular flexibility index (Phi) is 3.77. The SMILES string of the molecule is COc1ccc(C(=O)c2ccc(F)cc2Br)cc1. The predicted molar refractivity (Wildman–Crippen MR) is 70.5 cm³/mol. The number of ether oxygens (including phenoxy) is 1. The number of benzene rings is 2. The van der Waals surface area contributed by atoms with Crippen LogP contribution in [0, 0.1) is 5.82 Å². The highest BCUT2D eigenvalue weighted by Crippen LogP contribution is 2.22. The molecule has 0 radical (unpaired) electrons. The molecule has 4 heteroatoms. The molecule has 2 nitrogen and oxygen atoms in total. The molecular formula is C14H10BrFO2. The van der Waals surface area contributed by atoms with E-state index in [4.69, 9.17) is 4.74 Å². The van der Waals surface area contributed by atoms with Crippen molar-refractivity contribution < 1.29 is 13.9 Å². The first-order chi connectivity index (χ1) is 8.61. The van der Waals surface area contributed by atoms with Crippen LogP contribution in [0.1, 0.15) is 15.9 Å². The van der Waals surface area contributed by atoms with Gasteiger partial charge in [0.2, 0.25) is 0 Å². The maximum absolute atomic E-state index is 13.0. The van der Waals surface area contributed by atoms with Crippen LogP contribution in [0.15, 0.2) is 46.9 Å². The first-order valence-corrected chi connectivity index (χ1v) is 6.05. The van der Waals surface area contributed by atoms with Crippen LogP contribution in [0.5, 0.6) is 5.75 Å². The molecule has 0 saturated heterocycles. The van der Waals surface area contributed by atoms with E-state index >= 15 is 0 Å². The van der Waals surface area contributed by atoms with Gasteiger partial charge in [0, 0.05) is 15.6 Å². The zero-order chi connectivity index (χ0) is 13.1. The topological polar surface area (TPSA) is 26.3 Å². The van der Waals surface area contributed by atoms with E-state index < -0.39 is 0 Å². The molecule has 0 fully saturated rings. The van der Waals surface area contributed by atoms with Gasteiger partial charge in [0.25, 0.3) is 0 Å². The number of carbonyl (C=O) groups is 1. The number of carbonyl (C=O) groups excluding carboxylic acids is 1. The Balaban J connectivity index is 2.35. The summed E-state index contributed by atoms with van der Waals surface area (Å²) in [6.07, 6.45) is 0. The fourth-order valence-corrected chi connectivity index (χ4v) is 2.10. The standard InChI is InChI=1S/C14H10BrFO2/c1-18-11-5-2-9(3-6-11)14(17)12-7-4-10(16)8-13(12)15/h2-8H,1H3. The van der Waals surface area contributed by atoms with Crippen molar-refractivity contribution >= 4 is 21.7 Å². The molecule has 0 unspecified atom stereocenters. The maximum Gasteiger partial charge on any atom is 0.194 e. The molecular weight excluding hydrogens is 299 g/mol. The molecule has 0 N–H and O–H groups in total. The van der Waals surface area contributed by atoms with E-state index in [-0.39, 0.29) is 11.6 Å². The van der Waals surface area contributed by atoms with Crippen molar-refractivity contribution in [2.24, 2.45) is 0 Å². The third kappa shape index (κ3) is 2.59. The summed E-state index contributed by atoms with van der Waals surface area (Å²) < 4.78 is 18.4. The third-order valence-corrected chi connectivity index (χ3v) is 3.18. The molecule has 92 valence electrons. The lowest BCUT2D eigenvalue weighted by atomic mass is 10.0. The van der Waals surface area contributed by atoms with Gasteiger partial charge >= 0.3 is 0 Å². The Bertz CT molecular complexity index is 579. The van der Waals surface area contributed by atoms with E-state index in [1.165, 1.54) is 18.2 Å². The van der Waals surface area contributed by atoms with Gasteiger partial charge in [-0.2, -0.15) is 0 Å². The second-order valence-corrected chi connectivity index (χ2v) is 4.54. The van der Waals surface area contributed by atoms with E-state index in [1.54, 1.807) is 31.4 Å². The summed E-state index contributed by atoms with van der Waals surface area (Å²) in [5, 5.41) is 0. The highest BCUT2D eigenvalue weighted by atomic mass is 79.9. The van der Waals surface area contributed by atoms with Gasteiger partial charge in [0.05, 0.1) is 7.11 Å². The van der Waals surface area contributed by atoms with Gasteiger partial charge in [-0.25, -0.2) is 4.39 Å². The molecule has 18 heavy (non-hydrogen) atoms. The van der Waals surface area contributed by atoms with Gasteiger partial charge in [-0.15, -0.1) is 0 Å². The molecule has 0 aromatic heterocycles. The Hall–Kier alpha value is -1.68. The Morgan fingerprint density at radius 3 is 2.39 bits per heavy atom. The molecule has 0 bridgehead atoms. The number of rotatable bonds is 3. The zero-order valence-electron chi connectivity index (χ0n) is 9.61. The molecule has 0 aliphatic heterocycles. The molecule has 0 heterocycles. The van der Waals surface area contributed by atoms with Crippen molar-refractivity contribution in [3.05, 3.63) is 63.9 Å². The lowest BCUT2D eigenvalue weighted by Gasteiger charge is -2.05. The van der Waals surface area contributed by atoms with Crippen molar-refractivity contribution in [3.63, 3.8) is 0 Å². The number of hydrogen-bond acceptors (Lipinski definition) is 2. The smallest absolute Gasteiger partial charge is 0.194 e. The number of hydrogen-bond donors (Lipinski definition) is 0. The van der Waals surface area contributed by atoms with Gasteiger partial charge in [0.15, 0.2) is 5.78 Å². The van der Waals surface area contributed by atoms with E-state index in [1.807, 2.05) is 0 Å². The number of halogens is 2. The predicted octanol–water partition coefficient (Wildman–Crippen LogP) is 3.83. The Morgan fingerprint density at radius 1 is 1.17 bits per heavy atom. The van der Waals surface area contributed by atoms with Gasteiger partial charge in [-0.05, 0) is 58.4 Å². The summed E-state index contributed by atoms with van der Waals surface area (Å²) in [5.74, 6) is 0.141. The minimum Gasteiger partial charge on any atom is -0.497 e. The van der Waals surface area contributed by atoms with E-state index in [2.05, 4.69) is 15.9 Å². The fourth-order valence-electron chi connectivity index (χ4n) is 1.57. The van der Waals surface area contributed by atoms with Crippen molar-refractivity contribution in [2.45, 2.75) is 0 Å². The van der Waals surface area contributed by atoms with Crippen LogP contribution in [0.4, 0.5) is 4.39 Å². The van der Waals surface area contributed by atoms with Gasteiger partial charge in [-0.1, -0.05) is 0 Å². The summed E-state index contributed by atoms with van der Waals surface area (Å²) in [7, 11) is 1.56. The first kappa shape index (κ1) is 12.8. The second kappa shape index (κ2) is 5.31. The molecule has 0 aliphatic carbocycles. The summed E-state index contributed by atoms with van der Waals surface area (Å²) in [6.45, 7) is 0. The van der Waals surface area contributed by atoms with Crippen LogP contribution >= 0.6 is 15.9 Å². The normalized spacial score (nSPS) is 10.2. The highest BCUT2D eigenvalue weighted by Gasteiger charge is 2.13. The average molecular weight is 309 g/mol. The zero-order valence-corrected chi connectivity index (χ0v) is 11.2. The van der Waals surface area contributed by atoms with E-state index in [0.717, 1.165) is 0 Å². The molecule has 2 rings (SSSR count). The van der Waals surface area contributed by atoms with Crippen molar-refractivity contribution in [1.82, 2.24) is 0 Å². The van der Waals surface area contributed by atoms with Crippen LogP contribution in [0.25, 0.3) is 0 Å². The van der Waals surface area contributed by atoms with Crippen LogP contribution in [0.2, 0.25) is 0 Å². The lowest BCUT2D eigenvalue weighted by Crippen LogP contribution is -2.02.